The lowest BCUT2D eigenvalue weighted by molar-refractivity contribution is 0.207. The summed E-state index contributed by atoms with van der Waals surface area (Å²) in [4.78, 5) is 0. The van der Waals surface area contributed by atoms with E-state index in [1.54, 1.807) is 0 Å². The van der Waals surface area contributed by atoms with Crippen LogP contribution in [0.1, 0.15) is 239 Å². The number of benzene rings is 12. The van der Waals surface area contributed by atoms with Crippen molar-refractivity contribution >= 4 is 0 Å². The molecule has 0 radical (unpaired) electrons. The first-order chi connectivity index (χ1) is 55.9. The summed E-state index contributed by atoms with van der Waals surface area (Å²) in [7, 11) is 0. The topological polar surface area (TPSA) is 73.8 Å². The SMILES string of the molecule is CC(C)(C)c1cc2c3c(c1)Cc1cc(C(C)(C)C)cc4c1OCCOc1c5cc(Cc6ccccc6)cc1Cc1cc(Cc6ccccc6)cc6c1OCCOc1c(cc(C(C)(C)C)cc1C4)Cc1cc(C(C)(C)C)cc(c1OCCOc1c(cc(Cc4ccccc4)cc1C6)Cc1cc(Cc4ccccc4)cc(c1OCCO3)C5)C2. The van der Waals surface area contributed by atoms with Gasteiger partial charge in [0.1, 0.15) is 98.9 Å². The Morgan fingerprint density at radius 1 is 0.172 bits per heavy atom. The third kappa shape index (κ3) is 17.3. The van der Waals surface area contributed by atoms with E-state index < -0.39 is 0 Å². The highest BCUT2D eigenvalue weighted by Gasteiger charge is 2.33. The van der Waals surface area contributed by atoms with Gasteiger partial charge in [-0.3, -0.25) is 0 Å². The van der Waals surface area contributed by atoms with E-state index in [0.717, 1.165) is 135 Å². The van der Waals surface area contributed by atoms with E-state index in [1.807, 2.05) is 0 Å². The maximum Gasteiger partial charge on any atom is 0.126 e. The van der Waals surface area contributed by atoms with Crippen molar-refractivity contribution in [2.24, 2.45) is 0 Å². The van der Waals surface area contributed by atoms with E-state index in [4.69, 9.17) is 37.9 Å². The lowest BCUT2D eigenvalue weighted by Crippen LogP contribution is -2.20. The Hall–Kier alpha value is -11.0. The molecule has 0 atom stereocenters. The van der Waals surface area contributed by atoms with Gasteiger partial charge < -0.3 is 37.9 Å². The third-order valence-electron chi connectivity index (χ3n) is 24.0. The van der Waals surface area contributed by atoms with Crippen LogP contribution in [0.25, 0.3) is 0 Å². The van der Waals surface area contributed by atoms with Crippen LogP contribution in [-0.2, 0) is 98.7 Å². The van der Waals surface area contributed by atoms with Crippen LogP contribution < -0.4 is 37.9 Å². The van der Waals surface area contributed by atoms with Gasteiger partial charge in [0.15, 0.2) is 0 Å². The van der Waals surface area contributed by atoms with Crippen LogP contribution in [0.2, 0.25) is 0 Å². The van der Waals surface area contributed by atoms with E-state index in [1.165, 1.54) is 66.8 Å². The second-order valence-electron chi connectivity index (χ2n) is 37.3. The Balaban J connectivity index is 1.02. The summed E-state index contributed by atoms with van der Waals surface area (Å²) in [5.41, 5.74) is 30.7. The fourth-order valence-corrected chi connectivity index (χ4v) is 18.2. The minimum atomic E-state index is -0.254. The first-order valence-electron chi connectivity index (χ1n) is 42.3. The van der Waals surface area contributed by atoms with Gasteiger partial charge in [0.25, 0.3) is 0 Å². The molecule has 18 rings (SSSR count). The summed E-state index contributed by atoms with van der Waals surface area (Å²) in [6, 6.07) is 82.4. The van der Waals surface area contributed by atoms with Crippen molar-refractivity contribution in [1.29, 1.82) is 0 Å². The van der Waals surface area contributed by atoms with Gasteiger partial charge >= 0.3 is 0 Å². The molecule has 8 heteroatoms. The fraction of sp³-hybridized carbons (Fsp3) is 0.333. The van der Waals surface area contributed by atoms with E-state index in [0.29, 0.717) is 77.0 Å². The number of ether oxygens (including phenoxy) is 8. The van der Waals surface area contributed by atoms with Gasteiger partial charge in [-0.2, -0.15) is 0 Å². The molecule has 0 saturated heterocycles. The Labute approximate surface area is 688 Å². The molecule has 0 unspecified atom stereocenters. The van der Waals surface area contributed by atoms with Gasteiger partial charge in [0.2, 0.25) is 0 Å². The minimum Gasteiger partial charge on any atom is -0.489 e. The molecule has 0 saturated carbocycles. The van der Waals surface area contributed by atoms with Crippen molar-refractivity contribution in [1.82, 2.24) is 0 Å². The lowest BCUT2D eigenvalue weighted by atomic mass is 9.79. The van der Waals surface area contributed by atoms with Gasteiger partial charge in [-0.25, -0.2) is 0 Å². The normalized spacial score (nSPS) is 14.9. The van der Waals surface area contributed by atoms with Gasteiger partial charge in [-0.1, -0.05) is 301 Å². The largest absolute Gasteiger partial charge is 0.489 e. The van der Waals surface area contributed by atoms with E-state index in [2.05, 4.69) is 301 Å². The summed E-state index contributed by atoms with van der Waals surface area (Å²) in [5, 5.41) is 0. The van der Waals surface area contributed by atoms with Crippen LogP contribution in [0.5, 0.6) is 46.0 Å². The van der Waals surface area contributed by atoms with Crippen LogP contribution >= 0.6 is 0 Å². The highest BCUT2D eigenvalue weighted by molar-refractivity contribution is 5.64. The molecule has 0 fully saturated rings. The summed E-state index contributed by atoms with van der Waals surface area (Å²) in [5.74, 6) is 6.75. The average Bonchev–Trinajstić information content (AvgIpc) is 0.759. The van der Waals surface area contributed by atoms with Crippen molar-refractivity contribution in [3.05, 3.63) is 374 Å². The average molecular weight is 1540 g/mol. The van der Waals surface area contributed by atoms with Crippen LogP contribution in [-0.4, -0.2) is 52.9 Å². The summed E-state index contributed by atoms with van der Waals surface area (Å²) in [6.45, 7) is 30.0. The van der Waals surface area contributed by atoms with Crippen LogP contribution in [0, 0.1) is 0 Å². The Kier molecular flexibility index (Phi) is 21.6. The predicted molar refractivity (Wildman–Crippen MR) is 470 cm³/mol. The third-order valence-corrected chi connectivity index (χ3v) is 24.0. The number of hydrogen-bond acceptors (Lipinski definition) is 8. The molecule has 24 bridgehead atoms. The molecule has 0 amide bonds. The monoisotopic (exact) mass is 1540 g/mol. The molecule has 12 aromatic rings. The molecule has 8 nitrogen and oxygen atoms in total. The van der Waals surface area contributed by atoms with E-state index >= 15 is 0 Å². The van der Waals surface area contributed by atoms with Crippen molar-refractivity contribution in [3.8, 4) is 46.0 Å². The van der Waals surface area contributed by atoms with Gasteiger partial charge in [-0.15, -0.1) is 0 Å². The molecule has 116 heavy (non-hydrogen) atoms. The van der Waals surface area contributed by atoms with Crippen molar-refractivity contribution in [2.45, 2.75) is 182 Å². The summed E-state index contributed by atoms with van der Waals surface area (Å²) < 4.78 is 62.3. The van der Waals surface area contributed by atoms with Gasteiger partial charge in [0.05, 0.1) is 0 Å². The zero-order valence-electron chi connectivity index (χ0n) is 70.2. The molecule has 12 aromatic carbocycles. The minimum absolute atomic E-state index is 0.251. The van der Waals surface area contributed by atoms with E-state index in [-0.39, 0.29) is 74.5 Å². The van der Waals surface area contributed by atoms with Gasteiger partial charge in [-0.05, 0) is 203 Å². The summed E-state index contributed by atoms with van der Waals surface area (Å²) >= 11 is 0. The molecular formula is C108H112O8. The molecule has 2 aliphatic carbocycles. The number of rotatable bonds is 8. The highest BCUT2D eigenvalue weighted by atomic mass is 16.5. The van der Waals surface area contributed by atoms with Crippen LogP contribution in [0.4, 0.5) is 0 Å². The Morgan fingerprint density at radius 3 is 0.431 bits per heavy atom. The molecule has 4 aliphatic heterocycles. The smallest absolute Gasteiger partial charge is 0.126 e. The Bertz CT molecular complexity index is 4740. The molecule has 6 aliphatic rings. The molecule has 592 valence electrons. The zero-order valence-corrected chi connectivity index (χ0v) is 70.2. The predicted octanol–water partition coefficient (Wildman–Crippen LogP) is 23.4. The van der Waals surface area contributed by atoms with Crippen molar-refractivity contribution in [2.75, 3.05) is 52.9 Å². The van der Waals surface area contributed by atoms with E-state index in [9.17, 15) is 0 Å². The molecular weight excluding hydrogens is 1430 g/mol. The first kappa shape index (κ1) is 77.6. The van der Waals surface area contributed by atoms with Gasteiger partial charge in [0, 0.05) is 51.4 Å². The second-order valence-corrected chi connectivity index (χ2v) is 37.3. The second kappa shape index (κ2) is 32.3. The van der Waals surface area contributed by atoms with Crippen LogP contribution in [0.3, 0.4) is 0 Å². The highest BCUT2D eigenvalue weighted by Crippen LogP contribution is 2.48. The molecule has 0 aromatic heterocycles. The Morgan fingerprint density at radius 2 is 0.302 bits per heavy atom. The standard InChI is InChI=1S/C108H112O8/c1-105(2,3)93-61-85-57-87-63-94(106(4,5)6)65-89-59-91-67-96(108(10,11)12)68-92-60-90-66-95(107(7,8)9)64-88-58-86(62-93)101(85)113-37-33-109-97-77-45-73(41-69-25-17-13-18-26-69)46-78(97)54-80-48-75(43-71-29-21-15-22-30-71)50-82(99(80)111-35-39-115-103(88)90)56-84-52-76(44-72-31-23-16-24-32-72)51-83(100(84)112-36-40-116-104(91)92)55-81-49-74(42-70-27-19-14-20-28-70)47-79(53-77)98(81)110-34-38-114-102(87)89/h13-32,45-52,61-68H,33-44,53-60H2,1-12H3. The zero-order chi connectivity index (χ0) is 80.0. The van der Waals surface area contributed by atoms with Crippen molar-refractivity contribution in [3.63, 3.8) is 0 Å². The molecule has 4 heterocycles. The van der Waals surface area contributed by atoms with Crippen LogP contribution in [0.15, 0.2) is 218 Å². The van der Waals surface area contributed by atoms with Crippen molar-refractivity contribution < 1.29 is 37.9 Å². The summed E-state index contributed by atoms with van der Waals surface area (Å²) in [6.07, 6.45) is 6.82. The quantitative estimate of drug-likeness (QED) is 0.149. The fourth-order valence-electron chi connectivity index (χ4n) is 18.2. The number of hydrogen-bond donors (Lipinski definition) is 0. The molecule has 0 spiro atoms. The number of fused-ring (bicyclic) bond motifs is 12. The maximum absolute atomic E-state index is 7.81. The maximum atomic E-state index is 7.81. The lowest BCUT2D eigenvalue weighted by Gasteiger charge is -2.30. The molecule has 0 N–H and O–H groups in total. The first-order valence-corrected chi connectivity index (χ1v) is 42.3.